The van der Waals surface area contributed by atoms with Gasteiger partial charge in [-0.05, 0) is 92.3 Å². The molecule has 5 rings (SSSR count). The zero-order valence-corrected chi connectivity index (χ0v) is 18.3. The van der Waals surface area contributed by atoms with Crippen LogP contribution in [-0.2, 0) is 15.4 Å². The molecule has 1 saturated heterocycles. The lowest BCUT2D eigenvalue weighted by Gasteiger charge is -2.41. The second-order valence-electron chi connectivity index (χ2n) is 10.1. The molecule has 1 heterocycles. The van der Waals surface area contributed by atoms with Crippen LogP contribution in [0.3, 0.4) is 0 Å². The van der Waals surface area contributed by atoms with Crippen LogP contribution in [0, 0.1) is 17.8 Å². The number of hydrogen-bond donors (Lipinski definition) is 1. The van der Waals surface area contributed by atoms with Crippen LogP contribution in [-0.4, -0.2) is 39.2 Å². The summed E-state index contributed by atoms with van der Waals surface area (Å²) in [6.07, 6.45) is 14.9. The number of nitrogens with zero attached hydrogens (tertiary/aromatic N) is 1. The molecule has 4 atom stereocenters. The van der Waals surface area contributed by atoms with Crippen molar-refractivity contribution < 1.29 is 8.42 Å². The average Bonchev–Trinajstić information content (AvgIpc) is 3.07. The van der Waals surface area contributed by atoms with Gasteiger partial charge in [0.1, 0.15) is 0 Å². The minimum atomic E-state index is -3.21. The summed E-state index contributed by atoms with van der Waals surface area (Å²) in [5, 5.41) is 0. The highest BCUT2D eigenvalue weighted by atomic mass is 32.2. The topological polar surface area (TPSA) is 49.4 Å². The van der Waals surface area contributed by atoms with Crippen LogP contribution in [0.5, 0.6) is 0 Å². The molecule has 1 saturated carbocycles. The zero-order chi connectivity index (χ0) is 20.1. The molecule has 1 aliphatic heterocycles. The highest BCUT2D eigenvalue weighted by Gasteiger charge is 2.46. The number of likely N-dealkylation sites (tertiary alicyclic amines) is 1. The van der Waals surface area contributed by atoms with E-state index in [1.165, 1.54) is 49.6 Å². The maximum absolute atomic E-state index is 11.9. The number of piperidine rings is 1. The minimum Gasteiger partial charge on any atom is -0.303 e. The molecule has 0 radical (unpaired) electrons. The summed E-state index contributed by atoms with van der Waals surface area (Å²) in [6, 6.07) is 8.44. The molecule has 5 heteroatoms. The van der Waals surface area contributed by atoms with Crippen molar-refractivity contribution in [2.75, 3.05) is 25.9 Å². The summed E-state index contributed by atoms with van der Waals surface area (Å²) in [6.45, 7) is 3.52. The fourth-order valence-electron chi connectivity index (χ4n) is 6.79. The van der Waals surface area contributed by atoms with Gasteiger partial charge in [-0.25, -0.2) is 13.1 Å². The molecule has 158 valence electrons. The SMILES string of the molecule is CS(=O)(=O)N[C@H]1CC2(CCN(C[C@H]3CC4CCC=C[C@H]3C4)CC2)c2ccccc21. The first-order chi connectivity index (χ1) is 13.9. The predicted octanol–water partition coefficient (Wildman–Crippen LogP) is 4.01. The molecule has 4 nitrogen and oxygen atoms in total. The standard InChI is InChI=1S/C24H34N2O2S/c1-29(27,28)25-23-16-24(22-9-5-4-8-21(22)23)10-12-26(13-11-24)17-20-15-18-6-2-3-7-19(20)14-18/h3-5,7-9,18-20,23,25H,2,6,10-17H2,1H3/t18?,19-,20+,23-/m0/s1. The second-order valence-corrected chi connectivity index (χ2v) is 11.9. The fourth-order valence-corrected chi connectivity index (χ4v) is 7.51. The van der Waals surface area contributed by atoms with Crippen molar-refractivity contribution in [2.45, 2.75) is 56.4 Å². The molecule has 29 heavy (non-hydrogen) atoms. The van der Waals surface area contributed by atoms with Crippen LogP contribution in [0.4, 0.5) is 0 Å². The summed E-state index contributed by atoms with van der Waals surface area (Å²) in [4.78, 5) is 2.70. The fraction of sp³-hybridized carbons (Fsp3) is 0.667. The number of sulfonamides is 1. The van der Waals surface area contributed by atoms with Gasteiger partial charge in [0, 0.05) is 12.6 Å². The highest BCUT2D eigenvalue weighted by Crippen LogP contribution is 2.51. The van der Waals surface area contributed by atoms with Crippen LogP contribution >= 0.6 is 0 Å². The first-order valence-electron chi connectivity index (χ1n) is 11.4. The Morgan fingerprint density at radius 1 is 1.17 bits per heavy atom. The third-order valence-electron chi connectivity index (χ3n) is 8.14. The molecule has 0 aromatic heterocycles. The van der Waals surface area contributed by atoms with Crippen molar-refractivity contribution in [3.8, 4) is 0 Å². The molecule has 1 aromatic carbocycles. The van der Waals surface area contributed by atoms with Gasteiger partial charge in [-0.1, -0.05) is 36.4 Å². The Hall–Kier alpha value is -1.17. The third-order valence-corrected chi connectivity index (χ3v) is 8.85. The van der Waals surface area contributed by atoms with Crippen molar-refractivity contribution in [3.05, 3.63) is 47.5 Å². The number of rotatable bonds is 4. The normalized spacial score (nSPS) is 33.7. The summed E-state index contributed by atoms with van der Waals surface area (Å²) >= 11 is 0. The maximum atomic E-state index is 11.9. The van der Waals surface area contributed by atoms with Crippen molar-refractivity contribution in [3.63, 3.8) is 0 Å². The smallest absolute Gasteiger partial charge is 0.209 e. The van der Waals surface area contributed by atoms with E-state index in [4.69, 9.17) is 0 Å². The van der Waals surface area contributed by atoms with E-state index in [0.717, 1.165) is 50.1 Å². The third kappa shape index (κ3) is 3.94. The Labute approximate surface area is 175 Å². The molecule has 2 fully saturated rings. The Balaban J connectivity index is 1.27. The van der Waals surface area contributed by atoms with E-state index in [1.54, 1.807) is 0 Å². The van der Waals surface area contributed by atoms with Gasteiger partial charge in [0.2, 0.25) is 10.0 Å². The number of fused-ring (bicyclic) bond motifs is 4. The first-order valence-corrected chi connectivity index (χ1v) is 13.3. The van der Waals surface area contributed by atoms with E-state index >= 15 is 0 Å². The van der Waals surface area contributed by atoms with Crippen LogP contribution in [0.1, 0.15) is 62.1 Å². The number of nitrogens with one attached hydrogen (secondary N) is 1. The van der Waals surface area contributed by atoms with E-state index in [-0.39, 0.29) is 11.5 Å². The summed E-state index contributed by atoms with van der Waals surface area (Å²) < 4.78 is 26.7. The molecular formula is C24H34N2O2S. The molecule has 1 N–H and O–H groups in total. The maximum Gasteiger partial charge on any atom is 0.209 e. The molecule has 0 amide bonds. The van der Waals surface area contributed by atoms with Crippen LogP contribution in [0.2, 0.25) is 0 Å². The number of allylic oxidation sites excluding steroid dienone is 2. The molecule has 1 aromatic rings. The zero-order valence-electron chi connectivity index (χ0n) is 17.5. The summed E-state index contributed by atoms with van der Waals surface area (Å²) in [5.41, 5.74) is 2.72. The van der Waals surface area contributed by atoms with Crippen LogP contribution in [0.15, 0.2) is 36.4 Å². The van der Waals surface area contributed by atoms with Gasteiger partial charge in [-0.2, -0.15) is 0 Å². The molecular weight excluding hydrogens is 380 g/mol. The van der Waals surface area contributed by atoms with Crippen LogP contribution in [0.25, 0.3) is 0 Å². The van der Waals surface area contributed by atoms with Gasteiger partial charge < -0.3 is 4.90 Å². The second kappa shape index (κ2) is 7.51. The van der Waals surface area contributed by atoms with Crippen molar-refractivity contribution >= 4 is 10.0 Å². The summed E-state index contributed by atoms with van der Waals surface area (Å²) in [5.74, 6) is 2.58. The average molecular weight is 415 g/mol. The lowest BCUT2D eigenvalue weighted by Crippen LogP contribution is -2.44. The Morgan fingerprint density at radius 3 is 2.76 bits per heavy atom. The van der Waals surface area contributed by atoms with Crippen molar-refractivity contribution in [1.82, 2.24) is 9.62 Å². The van der Waals surface area contributed by atoms with Gasteiger partial charge in [0.05, 0.1) is 6.26 Å². The minimum absolute atomic E-state index is 0.0734. The van der Waals surface area contributed by atoms with Crippen molar-refractivity contribution in [2.24, 2.45) is 17.8 Å². The van der Waals surface area contributed by atoms with Gasteiger partial charge >= 0.3 is 0 Å². The lowest BCUT2D eigenvalue weighted by molar-refractivity contribution is 0.129. The van der Waals surface area contributed by atoms with E-state index < -0.39 is 10.0 Å². The predicted molar refractivity (Wildman–Crippen MR) is 117 cm³/mol. The van der Waals surface area contributed by atoms with E-state index in [1.807, 2.05) is 6.07 Å². The summed E-state index contributed by atoms with van der Waals surface area (Å²) in [7, 11) is -3.21. The Bertz CT molecular complexity index is 886. The van der Waals surface area contributed by atoms with E-state index in [0.29, 0.717) is 0 Å². The lowest BCUT2D eigenvalue weighted by atomic mass is 9.73. The van der Waals surface area contributed by atoms with Gasteiger partial charge in [0.25, 0.3) is 0 Å². The van der Waals surface area contributed by atoms with Gasteiger partial charge in [0.15, 0.2) is 0 Å². The number of benzene rings is 1. The molecule has 1 unspecified atom stereocenters. The highest BCUT2D eigenvalue weighted by molar-refractivity contribution is 7.88. The first kappa shape index (κ1) is 19.8. The van der Waals surface area contributed by atoms with Crippen molar-refractivity contribution in [1.29, 1.82) is 0 Å². The number of hydrogen-bond acceptors (Lipinski definition) is 3. The Morgan fingerprint density at radius 2 is 1.97 bits per heavy atom. The quantitative estimate of drug-likeness (QED) is 0.758. The molecule has 4 aliphatic rings. The molecule has 1 spiro atoms. The van der Waals surface area contributed by atoms with E-state index in [2.05, 4.69) is 40.0 Å². The monoisotopic (exact) mass is 414 g/mol. The Kier molecular flexibility index (Phi) is 5.12. The molecule has 2 bridgehead atoms. The van der Waals surface area contributed by atoms with Crippen LogP contribution < -0.4 is 4.72 Å². The van der Waals surface area contributed by atoms with Gasteiger partial charge in [-0.3, -0.25) is 0 Å². The molecule has 3 aliphatic carbocycles. The van der Waals surface area contributed by atoms with Gasteiger partial charge in [-0.15, -0.1) is 0 Å². The largest absolute Gasteiger partial charge is 0.303 e. The van der Waals surface area contributed by atoms with E-state index in [9.17, 15) is 8.42 Å².